The van der Waals surface area contributed by atoms with Crippen LogP contribution in [0.5, 0.6) is 0 Å². The summed E-state index contributed by atoms with van der Waals surface area (Å²) in [6.07, 6.45) is 12.6. The number of rotatable bonds is 7. The Morgan fingerprint density at radius 2 is 1.83 bits per heavy atom. The van der Waals surface area contributed by atoms with Gasteiger partial charge in [-0.2, -0.15) is 0 Å². The number of benzene rings is 2. The second-order valence-electron chi connectivity index (χ2n) is 10.6. The van der Waals surface area contributed by atoms with Gasteiger partial charge in [-0.1, -0.05) is 63.2 Å². The molecule has 3 atom stereocenters. The van der Waals surface area contributed by atoms with Crippen LogP contribution in [0.3, 0.4) is 0 Å². The Morgan fingerprint density at radius 1 is 1.03 bits per heavy atom. The van der Waals surface area contributed by atoms with Crippen LogP contribution in [0.2, 0.25) is 0 Å². The predicted molar refractivity (Wildman–Crippen MR) is 129 cm³/mol. The lowest BCUT2D eigenvalue weighted by molar-refractivity contribution is 0.413. The quantitative estimate of drug-likeness (QED) is 0.515. The summed E-state index contributed by atoms with van der Waals surface area (Å²) in [6.45, 7) is 6.78. The molecule has 2 aromatic carbocycles. The highest BCUT2D eigenvalue weighted by Crippen LogP contribution is 2.42. The van der Waals surface area contributed by atoms with Gasteiger partial charge < -0.3 is 5.73 Å². The van der Waals surface area contributed by atoms with Gasteiger partial charge in [0.15, 0.2) is 0 Å². The summed E-state index contributed by atoms with van der Waals surface area (Å²) in [5, 5.41) is 0. The molecule has 2 aliphatic rings. The molecule has 2 aliphatic carbocycles. The van der Waals surface area contributed by atoms with Crippen molar-refractivity contribution in [3.05, 3.63) is 70.3 Å². The van der Waals surface area contributed by atoms with Crippen molar-refractivity contribution in [2.75, 3.05) is 0 Å². The van der Waals surface area contributed by atoms with Crippen molar-refractivity contribution in [3.8, 4) is 0 Å². The van der Waals surface area contributed by atoms with E-state index in [0.29, 0.717) is 11.8 Å². The Balaban J connectivity index is 1.29. The summed E-state index contributed by atoms with van der Waals surface area (Å²) in [4.78, 5) is 0. The first-order chi connectivity index (χ1) is 14.5. The largest absolute Gasteiger partial charge is 0.325 e. The van der Waals surface area contributed by atoms with E-state index in [4.69, 9.17) is 5.73 Å². The Bertz CT molecular complexity index is 834. The van der Waals surface area contributed by atoms with Gasteiger partial charge in [-0.3, -0.25) is 0 Å². The minimum atomic E-state index is 0.0841. The van der Waals surface area contributed by atoms with Crippen molar-refractivity contribution in [2.45, 2.75) is 102 Å². The summed E-state index contributed by atoms with van der Waals surface area (Å²) in [7, 11) is 0. The standard InChI is InChI=1S/C29H41N/c1-4-29(30)17-16-28(20-29)27-15-14-25-18-23(10-13-26(25)19-27)7-5-6-22-8-11-24(12-9-22)21(2)3/h8-9,11-12,14-15,19,21,23,28H,4-7,10,13,16-18,20,30H2,1-3H3/t23-,28+,29-/m1/s1. The molecule has 1 saturated carbocycles. The maximum Gasteiger partial charge on any atom is 0.0157 e. The molecule has 0 heterocycles. The second-order valence-corrected chi connectivity index (χ2v) is 10.6. The van der Waals surface area contributed by atoms with Crippen LogP contribution in [-0.4, -0.2) is 5.54 Å². The fourth-order valence-corrected chi connectivity index (χ4v) is 5.78. The van der Waals surface area contributed by atoms with Crippen LogP contribution in [0.4, 0.5) is 0 Å². The van der Waals surface area contributed by atoms with Gasteiger partial charge in [-0.25, -0.2) is 0 Å². The van der Waals surface area contributed by atoms with E-state index in [1.807, 2.05) is 0 Å². The molecule has 162 valence electrons. The van der Waals surface area contributed by atoms with E-state index in [2.05, 4.69) is 63.2 Å². The first-order valence-electron chi connectivity index (χ1n) is 12.4. The van der Waals surface area contributed by atoms with Crippen molar-refractivity contribution >= 4 is 0 Å². The van der Waals surface area contributed by atoms with Crippen LogP contribution >= 0.6 is 0 Å². The van der Waals surface area contributed by atoms with Crippen molar-refractivity contribution in [1.82, 2.24) is 0 Å². The Hall–Kier alpha value is -1.60. The molecule has 30 heavy (non-hydrogen) atoms. The molecule has 0 amide bonds. The van der Waals surface area contributed by atoms with Crippen LogP contribution in [0, 0.1) is 5.92 Å². The highest BCUT2D eigenvalue weighted by molar-refractivity contribution is 5.36. The third-order valence-corrected chi connectivity index (χ3v) is 8.10. The highest BCUT2D eigenvalue weighted by atomic mass is 14.8. The zero-order valence-electron chi connectivity index (χ0n) is 19.4. The van der Waals surface area contributed by atoms with E-state index in [-0.39, 0.29) is 5.54 Å². The first-order valence-corrected chi connectivity index (χ1v) is 12.4. The summed E-state index contributed by atoms with van der Waals surface area (Å²) in [5.74, 6) is 2.17. The van der Waals surface area contributed by atoms with Crippen molar-refractivity contribution in [1.29, 1.82) is 0 Å². The minimum Gasteiger partial charge on any atom is -0.325 e. The lowest BCUT2D eigenvalue weighted by atomic mass is 9.79. The van der Waals surface area contributed by atoms with Crippen molar-refractivity contribution < 1.29 is 0 Å². The smallest absolute Gasteiger partial charge is 0.0157 e. The number of fused-ring (bicyclic) bond motifs is 1. The summed E-state index contributed by atoms with van der Waals surface area (Å²) >= 11 is 0. The van der Waals surface area contributed by atoms with Gasteiger partial charge in [-0.15, -0.1) is 0 Å². The molecule has 0 radical (unpaired) electrons. The number of nitrogens with two attached hydrogens (primary N) is 1. The Kier molecular flexibility index (Phi) is 6.68. The van der Waals surface area contributed by atoms with E-state index >= 15 is 0 Å². The zero-order valence-corrected chi connectivity index (χ0v) is 19.4. The summed E-state index contributed by atoms with van der Waals surface area (Å²) in [5.41, 5.74) is 14.4. The van der Waals surface area contributed by atoms with Gasteiger partial charge >= 0.3 is 0 Å². The van der Waals surface area contributed by atoms with Gasteiger partial charge in [0.05, 0.1) is 0 Å². The van der Waals surface area contributed by atoms with E-state index < -0.39 is 0 Å². The molecule has 0 unspecified atom stereocenters. The molecule has 1 fully saturated rings. The number of hydrogen-bond acceptors (Lipinski definition) is 1. The highest BCUT2D eigenvalue weighted by Gasteiger charge is 2.35. The van der Waals surface area contributed by atoms with Gasteiger partial charge in [0, 0.05) is 5.54 Å². The SMILES string of the molecule is CC[C@@]1(N)CC[C@H](c2ccc3c(c2)CC[C@@H](CCCc2ccc(C(C)C)cc2)C3)C1. The number of hydrogen-bond donors (Lipinski definition) is 1. The fraction of sp³-hybridized carbons (Fsp3) is 0.586. The van der Waals surface area contributed by atoms with Crippen molar-refractivity contribution in [2.24, 2.45) is 11.7 Å². The predicted octanol–water partition coefficient (Wildman–Crippen LogP) is 7.31. The summed E-state index contributed by atoms with van der Waals surface area (Å²) in [6, 6.07) is 16.7. The van der Waals surface area contributed by atoms with Crippen LogP contribution in [0.15, 0.2) is 42.5 Å². The third-order valence-electron chi connectivity index (χ3n) is 8.10. The summed E-state index contributed by atoms with van der Waals surface area (Å²) < 4.78 is 0. The molecule has 0 aromatic heterocycles. The molecule has 0 bridgehead atoms. The van der Waals surface area contributed by atoms with Crippen molar-refractivity contribution in [3.63, 3.8) is 0 Å². The molecule has 1 nitrogen and oxygen atoms in total. The third kappa shape index (κ3) is 4.99. The van der Waals surface area contributed by atoms with E-state index in [9.17, 15) is 0 Å². The molecule has 0 spiro atoms. The molecular formula is C29H41N. The molecule has 4 rings (SSSR count). The number of aryl methyl sites for hydroxylation is 2. The van der Waals surface area contributed by atoms with Gasteiger partial charge in [-0.05, 0) is 110 Å². The molecule has 1 heteroatoms. The maximum absolute atomic E-state index is 6.55. The normalized spacial score (nSPS) is 26.2. The van der Waals surface area contributed by atoms with E-state index in [1.54, 1.807) is 16.7 Å². The average Bonchev–Trinajstić information content (AvgIpc) is 3.16. The fourth-order valence-electron chi connectivity index (χ4n) is 5.78. The van der Waals surface area contributed by atoms with Gasteiger partial charge in [0.25, 0.3) is 0 Å². The monoisotopic (exact) mass is 403 g/mol. The topological polar surface area (TPSA) is 26.0 Å². The van der Waals surface area contributed by atoms with E-state index in [0.717, 1.165) is 12.3 Å². The lowest BCUT2D eigenvalue weighted by Crippen LogP contribution is -2.35. The van der Waals surface area contributed by atoms with Crippen LogP contribution in [-0.2, 0) is 19.3 Å². The Labute approximate surface area is 184 Å². The Morgan fingerprint density at radius 3 is 2.53 bits per heavy atom. The second kappa shape index (κ2) is 9.27. The molecule has 2 N–H and O–H groups in total. The van der Waals surface area contributed by atoms with E-state index in [1.165, 1.54) is 68.9 Å². The molecular weight excluding hydrogens is 362 g/mol. The first kappa shape index (κ1) is 21.6. The van der Waals surface area contributed by atoms with Crippen LogP contribution in [0.1, 0.15) is 105 Å². The molecule has 0 aliphatic heterocycles. The average molecular weight is 404 g/mol. The maximum atomic E-state index is 6.55. The molecule has 2 aromatic rings. The van der Waals surface area contributed by atoms with Gasteiger partial charge in [0.1, 0.15) is 0 Å². The van der Waals surface area contributed by atoms with Crippen LogP contribution < -0.4 is 5.73 Å². The molecule has 0 saturated heterocycles. The lowest BCUT2D eigenvalue weighted by Gasteiger charge is -2.26. The van der Waals surface area contributed by atoms with Crippen LogP contribution in [0.25, 0.3) is 0 Å². The van der Waals surface area contributed by atoms with Gasteiger partial charge in [0.2, 0.25) is 0 Å². The minimum absolute atomic E-state index is 0.0841. The zero-order chi connectivity index (χ0) is 21.1.